The molecule has 2 unspecified atom stereocenters. The van der Waals surface area contributed by atoms with Crippen molar-refractivity contribution in [3.63, 3.8) is 0 Å². The van der Waals surface area contributed by atoms with E-state index in [9.17, 15) is 14.4 Å². The highest BCUT2D eigenvalue weighted by molar-refractivity contribution is 5.98. The molecule has 8 nitrogen and oxygen atoms in total. The van der Waals surface area contributed by atoms with Gasteiger partial charge >= 0.3 is 6.09 Å². The molecule has 0 aromatic heterocycles. The number of amides is 2. The van der Waals surface area contributed by atoms with Gasteiger partial charge in [-0.25, -0.2) is 4.79 Å². The molecular weight excluding hydrogens is 444 g/mol. The highest BCUT2D eigenvalue weighted by atomic mass is 16.6. The van der Waals surface area contributed by atoms with Crippen LogP contribution in [0.2, 0.25) is 0 Å². The summed E-state index contributed by atoms with van der Waals surface area (Å²) >= 11 is 0. The Kier molecular flexibility index (Phi) is 7.83. The maximum absolute atomic E-state index is 13.0. The molecule has 2 aliphatic heterocycles. The van der Waals surface area contributed by atoms with E-state index >= 15 is 0 Å². The maximum atomic E-state index is 13.0. The fourth-order valence-corrected chi connectivity index (χ4v) is 4.54. The summed E-state index contributed by atoms with van der Waals surface area (Å²) < 4.78 is 5.34. The number of carbonyl (C=O) groups is 3. The number of ether oxygens (including phenoxy) is 1. The molecule has 2 aliphatic rings. The summed E-state index contributed by atoms with van der Waals surface area (Å²) in [5.74, 6) is -0.0218. The van der Waals surface area contributed by atoms with E-state index in [1.807, 2.05) is 55.5 Å². The van der Waals surface area contributed by atoms with Crippen molar-refractivity contribution in [3.8, 4) is 11.1 Å². The molecule has 0 saturated carbocycles. The van der Waals surface area contributed by atoms with Crippen LogP contribution >= 0.6 is 0 Å². The molecule has 0 radical (unpaired) electrons. The van der Waals surface area contributed by atoms with Crippen molar-refractivity contribution in [1.82, 2.24) is 15.1 Å². The van der Waals surface area contributed by atoms with E-state index in [2.05, 4.69) is 22.2 Å². The summed E-state index contributed by atoms with van der Waals surface area (Å²) in [6, 6.07) is 15.4. The van der Waals surface area contributed by atoms with E-state index in [-0.39, 0.29) is 23.7 Å². The molecule has 35 heavy (non-hydrogen) atoms. The van der Waals surface area contributed by atoms with Crippen LogP contribution in [0.1, 0.15) is 24.2 Å². The first-order chi connectivity index (χ1) is 16.8. The molecule has 0 spiro atoms. The quantitative estimate of drug-likeness (QED) is 0.588. The van der Waals surface area contributed by atoms with Crippen molar-refractivity contribution in [2.24, 2.45) is 5.92 Å². The third kappa shape index (κ3) is 6.26. The van der Waals surface area contributed by atoms with Crippen LogP contribution < -0.4 is 10.2 Å². The highest BCUT2D eigenvalue weighted by Gasteiger charge is 2.32. The van der Waals surface area contributed by atoms with Crippen molar-refractivity contribution in [2.75, 3.05) is 57.8 Å². The second kappa shape index (κ2) is 11.0. The van der Waals surface area contributed by atoms with Gasteiger partial charge in [-0.2, -0.15) is 0 Å². The second-order valence-electron chi connectivity index (χ2n) is 9.55. The van der Waals surface area contributed by atoms with Crippen LogP contribution in [0, 0.1) is 5.92 Å². The maximum Gasteiger partial charge on any atom is 0.414 e. The molecule has 2 fully saturated rings. The molecule has 2 aromatic carbocycles. The van der Waals surface area contributed by atoms with E-state index in [1.54, 1.807) is 4.90 Å². The van der Waals surface area contributed by atoms with Gasteiger partial charge in [0, 0.05) is 56.8 Å². The first-order valence-corrected chi connectivity index (χ1v) is 12.2. The van der Waals surface area contributed by atoms with Gasteiger partial charge in [0.15, 0.2) is 5.78 Å². The minimum atomic E-state index is -0.415. The van der Waals surface area contributed by atoms with Crippen molar-refractivity contribution < 1.29 is 19.1 Å². The number of anilines is 1. The molecule has 2 aromatic rings. The molecule has 2 atom stereocenters. The predicted molar refractivity (Wildman–Crippen MR) is 136 cm³/mol. The standard InChI is InChI=1S/C27H34N4O4/c1-19(17-30-14-12-29(3)13-15-30)26(33)23-6-4-21(5-7-23)22-8-10-24(11-9-22)31-18-25(35-27(31)34)16-28-20(2)32/h4-11,19,25H,12-18H2,1-3H3,(H,28,32). The van der Waals surface area contributed by atoms with E-state index in [0.717, 1.165) is 55.1 Å². The van der Waals surface area contributed by atoms with E-state index in [1.165, 1.54) is 6.92 Å². The molecule has 1 N–H and O–H groups in total. The Hall–Kier alpha value is -3.23. The number of cyclic esters (lactones) is 1. The van der Waals surface area contributed by atoms with Gasteiger partial charge in [0.25, 0.3) is 0 Å². The highest BCUT2D eigenvalue weighted by Crippen LogP contribution is 2.27. The molecular formula is C27H34N4O4. The molecule has 4 rings (SSSR count). The zero-order chi connectivity index (χ0) is 24.9. The zero-order valence-electron chi connectivity index (χ0n) is 20.7. The number of hydrogen-bond donors (Lipinski definition) is 1. The lowest BCUT2D eigenvalue weighted by atomic mass is 9.96. The van der Waals surface area contributed by atoms with Gasteiger partial charge in [-0.3, -0.25) is 14.5 Å². The van der Waals surface area contributed by atoms with Gasteiger partial charge in [-0.05, 0) is 30.3 Å². The van der Waals surface area contributed by atoms with Gasteiger partial charge in [0.2, 0.25) is 5.91 Å². The summed E-state index contributed by atoms with van der Waals surface area (Å²) in [5.41, 5.74) is 3.48. The number of carbonyl (C=O) groups excluding carboxylic acids is 3. The number of hydrogen-bond acceptors (Lipinski definition) is 6. The normalized spacial score (nSPS) is 19.9. The van der Waals surface area contributed by atoms with E-state index < -0.39 is 6.09 Å². The largest absolute Gasteiger partial charge is 0.442 e. The lowest BCUT2D eigenvalue weighted by Crippen LogP contribution is -2.46. The molecule has 0 aliphatic carbocycles. The van der Waals surface area contributed by atoms with Gasteiger partial charge in [0.05, 0.1) is 13.1 Å². The lowest BCUT2D eigenvalue weighted by molar-refractivity contribution is -0.119. The lowest BCUT2D eigenvalue weighted by Gasteiger charge is -2.33. The van der Waals surface area contributed by atoms with Crippen LogP contribution in [0.25, 0.3) is 11.1 Å². The Morgan fingerprint density at radius 2 is 1.60 bits per heavy atom. The average molecular weight is 479 g/mol. The topological polar surface area (TPSA) is 82.2 Å². The summed E-state index contributed by atoms with van der Waals surface area (Å²) in [5, 5.41) is 2.68. The molecule has 8 heteroatoms. The average Bonchev–Trinajstić information content (AvgIpc) is 3.24. The van der Waals surface area contributed by atoms with Gasteiger partial charge < -0.3 is 19.9 Å². The number of likely N-dealkylation sites (N-methyl/N-ethyl adjacent to an activating group) is 1. The van der Waals surface area contributed by atoms with Crippen LogP contribution in [0.15, 0.2) is 48.5 Å². The van der Waals surface area contributed by atoms with Gasteiger partial charge in [0.1, 0.15) is 6.10 Å². The monoisotopic (exact) mass is 478 g/mol. The Balaban J connectivity index is 1.35. The predicted octanol–water partition coefficient (Wildman–Crippen LogP) is 2.88. The van der Waals surface area contributed by atoms with Crippen LogP contribution in [-0.4, -0.2) is 86.5 Å². The molecule has 2 saturated heterocycles. The van der Waals surface area contributed by atoms with Crippen molar-refractivity contribution in [1.29, 1.82) is 0 Å². The van der Waals surface area contributed by atoms with Gasteiger partial charge in [-0.1, -0.05) is 43.3 Å². The Morgan fingerprint density at radius 1 is 1.00 bits per heavy atom. The Bertz CT molecular complexity index is 1050. The number of ketones is 1. The SMILES string of the molecule is CC(=O)NCC1CN(c2ccc(-c3ccc(C(=O)C(C)CN4CCN(C)CC4)cc3)cc2)C(=O)O1. The van der Waals surface area contributed by atoms with E-state index in [0.29, 0.717) is 13.1 Å². The number of piperazine rings is 1. The van der Waals surface area contributed by atoms with Crippen LogP contribution in [-0.2, 0) is 9.53 Å². The number of nitrogens with zero attached hydrogens (tertiary/aromatic N) is 3. The van der Waals surface area contributed by atoms with Crippen molar-refractivity contribution in [2.45, 2.75) is 20.0 Å². The third-order valence-electron chi connectivity index (χ3n) is 6.71. The fourth-order valence-electron chi connectivity index (χ4n) is 4.54. The first-order valence-electron chi connectivity index (χ1n) is 12.2. The Labute approximate surface area is 206 Å². The number of nitrogens with one attached hydrogen (secondary N) is 1. The summed E-state index contributed by atoms with van der Waals surface area (Å²) in [4.78, 5) is 42.5. The third-order valence-corrected chi connectivity index (χ3v) is 6.71. The number of Topliss-reactive ketones (excluding diaryl/α,β-unsaturated/α-hetero) is 1. The molecule has 2 amide bonds. The summed E-state index contributed by atoms with van der Waals surface area (Å²) in [6.45, 7) is 9.04. The van der Waals surface area contributed by atoms with Crippen LogP contribution in [0.3, 0.4) is 0 Å². The summed E-state index contributed by atoms with van der Waals surface area (Å²) in [7, 11) is 2.13. The second-order valence-corrected chi connectivity index (χ2v) is 9.55. The van der Waals surface area contributed by atoms with Crippen LogP contribution in [0.4, 0.5) is 10.5 Å². The zero-order valence-corrected chi connectivity index (χ0v) is 20.7. The number of benzene rings is 2. The summed E-state index contributed by atoms with van der Waals surface area (Å²) in [6.07, 6.45) is -0.781. The van der Waals surface area contributed by atoms with Gasteiger partial charge in [-0.15, -0.1) is 0 Å². The minimum Gasteiger partial charge on any atom is -0.442 e. The molecule has 0 bridgehead atoms. The van der Waals surface area contributed by atoms with Crippen molar-refractivity contribution in [3.05, 3.63) is 54.1 Å². The fraction of sp³-hybridized carbons (Fsp3) is 0.444. The smallest absolute Gasteiger partial charge is 0.414 e. The van der Waals surface area contributed by atoms with Crippen molar-refractivity contribution >= 4 is 23.5 Å². The number of rotatable bonds is 8. The Morgan fingerprint density at radius 3 is 2.20 bits per heavy atom. The van der Waals surface area contributed by atoms with E-state index in [4.69, 9.17) is 4.74 Å². The first kappa shape index (κ1) is 24.9. The minimum absolute atomic E-state index is 0.0433. The van der Waals surface area contributed by atoms with Crippen LogP contribution in [0.5, 0.6) is 0 Å². The molecule has 2 heterocycles. The molecule has 186 valence electrons.